The molecule has 0 radical (unpaired) electrons. The number of nitrogens with one attached hydrogen (secondary N) is 1. The number of unbranched alkanes of at least 4 members (excludes halogenated alkanes) is 4. The topological polar surface area (TPSA) is 49.4 Å². The first-order valence-corrected chi connectivity index (χ1v) is 10.7. The van der Waals surface area contributed by atoms with Crippen molar-refractivity contribution < 1.29 is 9.59 Å². The van der Waals surface area contributed by atoms with Gasteiger partial charge in [-0.2, -0.15) is 0 Å². The molecule has 0 bridgehead atoms. The molecule has 1 atom stereocenters. The number of nitrogens with zero attached hydrogens (tertiary/aromatic N) is 1. The monoisotopic (exact) mass is 372 g/mol. The SMILES string of the molecule is CCCCCCCC(=O)NC(Cc1ccccc1)C(=O)N1CCC(C)CC1. The second kappa shape index (κ2) is 11.8. The van der Waals surface area contributed by atoms with Crippen LogP contribution >= 0.6 is 0 Å². The molecule has 1 N–H and O–H groups in total. The second-order valence-electron chi connectivity index (χ2n) is 7.98. The Morgan fingerprint density at radius 2 is 1.74 bits per heavy atom. The molecule has 1 saturated heterocycles. The summed E-state index contributed by atoms with van der Waals surface area (Å²) in [6.07, 6.45) is 8.78. The zero-order valence-electron chi connectivity index (χ0n) is 17.1. The number of hydrogen-bond donors (Lipinski definition) is 1. The van der Waals surface area contributed by atoms with E-state index < -0.39 is 6.04 Å². The first-order valence-electron chi connectivity index (χ1n) is 10.7. The highest BCUT2D eigenvalue weighted by molar-refractivity contribution is 5.88. The summed E-state index contributed by atoms with van der Waals surface area (Å²) in [6.45, 7) is 6.04. The number of rotatable bonds is 10. The van der Waals surface area contributed by atoms with Crippen molar-refractivity contribution in [2.45, 2.75) is 77.7 Å². The van der Waals surface area contributed by atoms with Gasteiger partial charge in [-0.05, 0) is 30.7 Å². The Labute approximate surface area is 164 Å². The van der Waals surface area contributed by atoms with Gasteiger partial charge in [-0.1, -0.05) is 69.9 Å². The molecule has 4 nitrogen and oxygen atoms in total. The van der Waals surface area contributed by atoms with Crippen LogP contribution in [0.15, 0.2) is 30.3 Å². The lowest BCUT2D eigenvalue weighted by atomic mass is 9.97. The number of carbonyl (C=O) groups is 2. The van der Waals surface area contributed by atoms with E-state index in [0.29, 0.717) is 18.8 Å². The predicted molar refractivity (Wildman–Crippen MR) is 110 cm³/mol. The molecule has 4 heteroatoms. The molecule has 1 heterocycles. The Bertz CT molecular complexity index is 565. The molecule has 1 aromatic carbocycles. The molecular formula is C23H36N2O2. The van der Waals surface area contributed by atoms with E-state index in [1.807, 2.05) is 35.2 Å². The van der Waals surface area contributed by atoms with Crippen LogP contribution in [0, 0.1) is 5.92 Å². The van der Waals surface area contributed by atoms with Crippen molar-refractivity contribution in [3.8, 4) is 0 Å². The number of amides is 2. The van der Waals surface area contributed by atoms with Crippen molar-refractivity contribution in [2.24, 2.45) is 5.92 Å². The maximum absolute atomic E-state index is 13.1. The van der Waals surface area contributed by atoms with Crippen LogP contribution < -0.4 is 5.32 Å². The van der Waals surface area contributed by atoms with Gasteiger partial charge in [0.2, 0.25) is 11.8 Å². The van der Waals surface area contributed by atoms with Crippen molar-refractivity contribution in [1.29, 1.82) is 0 Å². The van der Waals surface area contributed by atoms with Crippen molar-refractivity contribution >= 4 is 11.8 Å². The molecule has 1 fully saturated rings. The molecule has 150 valence electrons. The maximum atomic E-state index is 13.1. The fourth-order valence-electron chi connectivity index (χ4n) is 3.65. The summed E-state index contributed by atoms with van der Waals surface area (Å²) in [5.41, 5.74) is 1.09. The summed E-state index contributed by atoms with van der Waals surface area (Å²) in [5, 5.41) is 3.03. The fraction of sp³-hybridized carbons (Fsp3) is 0.652. The van der Waals surface area contributed by atoms with Gasteiger partial charge in [0, 0.05) is 25.9 Å². The lowest BCUT2D eigenvalue weighted by Gasteiger charge is -2.33. The molecule has 27 heavy (non-hydrogen) atoms. The van der Waals surface area contributed by atoms with Crippen LogP contribution in [0.4, 0.5) is 0 Å². The molecule has 2 amide bonds. The normalized spacial score (nSPS) is 16.1. The van der Waals surface area contributed by atoms with Gasteiger partial charge < -0.3 is 10.2 Å². The number of hydrogen-bond acceptors (Lipinski definition) is 2. The Hall–Kier alpha value is -1.84. The minimum atomic E-state index is -0.455. The molecule has 1 unspecified atom stereocenters. The zero-order chi connectivity index (χ0) is 19.5. The summed E-state index contributed by atoms with van der Waals surface area (Å²) >= 11 is 0. The maximum Gasteiger partial charge on any atom is 0.245 e. The van der Waals surface area contributed by atoms with E-state index >= 15 is 0 Å². The first-order chi connectivity index (χ1) is 13.1. The largest absolute Gasteiger partial charge is 0.344 e. The van der Waals surface area contributed by atoms with Crippen molar-refractivity contribution in [3.63, 3.8) is 0 Å². The van der Waals surface area contributed by atoms with Crippen LogP contribution in [0.1, 0.15) is 70.8 Å². The van der Waals surface area contributed by atoms with Gasteiger partial charge in [-0.25, -0.2) is 0 Å². The van der Waals surface area contributed by atoms with Crippen LogP contribution in [0.25, 0.3) is 0 Å². The van der Waals surface area contributed by atoms with Crippen LogP contribution in [-0.4, -0.2) is 35.8 Å². The highest BCUT2D eigenvalue weighted by Crippen LogP contribution is 2.18. The third kappa shape index (κ3) is 7.74. The fourth-order valence-corrected chi connectivity index (χ4v) is 3.65. The Balaban J connectivity index is 1.92. The minimum Gasteiger partial charge on any atom is -0.344 e. The standard InChI is InChI=1S/C23H36N2O2/c1-3-4-5-6-10-13-22(26)24-21(18-20-11-8-7-9-12-20)23(27)25-16-14-19(2)15-17-25/h7-9,11-12,19,21H,3-6,10,13-18H2,1-2H3,(H,24,26). The van der Waals surface area contributed by atoms with Crippen LogP contribution in [0.5, 0.6) is 0 Å². The van der Waals surface area contributed by atoms with E-state index in [-0.39, 0.29) is 11.8 Å². The zero-order valence-corrected chi connectivity index (χ0v) is 17.1. The van der Waals surface area contributed by atoms with Gasteiger partial charge in [0.05, 0.1) is 0 Å². The van der Waals surface area contributed by atoms with Gasteiger partial charge in [0.25, 0.3) is 0 Å². The summed E-state index contributed by atoms with van der Waals surface area (Å²) in [6, 6.07) is 9.53. The van der Waals surface area contributed by atoms with E-state index in [1.54, 1.807) is 0 Å². The highest BCUT2D eigenvalue weighted by Gasteiger charge is 2.28. The molecule has 0 aliphatic carbocycles. The summed E-state index contributed by atoms with van der Waals surface area (Å²) < 4.78 is 0. The van der Waals surface area contributed by atoms with Crippen molar-refractivity contribution in [2.75, 3.05) is 13.1 Å². The summed E-state index contributed by atoms with van der Waals surface area (Å²) in [7, 11) is 0. The first kappa shape index (κ1) is 21.5. The van der Waals surface area contributed by atoms with Gasteiger partial charge >= 0.3 is 0 Å². The second-order valence-corrected chi connectivity index (χ2v) is 7.98. The van der Waals surface area contributed by atoms with Gasteiger partial charge in [-0.3, -0.25) is 9.59 Å². The predicted octanol–water partition coefficient (Wildman–Crippen LogP) is 4.33. The van der Waals surface area contributed by atoms with Crippen LogP contribution in [0.3, 0.4) is 0 Å². The van der Waals surface area contributed by atoms with E-state index in [4.69, 9.17) is 0 Å². The lowest BCUT2D eigenvalue weighted by Crippen LogP contribution is -2.51. The lowest BCUT2D eigenvalue weighted by molar-refractivity contribution is -0.137. The number of benzene rings is 1. The molecule has 1 aliphatic heterocycles. The Kier molecular flexibility index (Phi) is 9.37. The average molecular weight is 373 g/mol. The minimum absolute atomic E-state index is 0.00570. The third-order valence-electron chi connectivity index (χ3n) is 5.52. The van der Waals surface area contributed by atoms with Crippen LogP contribution in [0.2, 0.25) is 0 Å². The van der Waals surface area contributed by atoms with Gasteiger partial charge in [0.15, 0.2) is 0 Å². The number of likely N-dealkylation sites (tertiary alicyclic amines) is 1. The molecule has 0 saturated carbocycles. The van der Waals surface area contributed by atoms with E-state index in [0.717, 1.165) is 44.3 Å². The number of piperidine rings is 1. The Morgan fingerprint density at radius 1 is 1.07 bits per heavy atom. The van der Waals surface area contributed by atoms with E-state index in [9.17, 15) is 9.59 Å². The number of carbonyl (C=O) groups excluding carboxylic acids is 2. The molecule has 0 spiro atoms. The van der Waals surface area contributed by atoms with Crippen molar-refractivity contribution in [1.82, 2.24) is 10.2 Å². The molecule has 1 aliphatic rings. The summed E-state index contributed by atoms with van der Waals surface area (Å²) in [4.78, 5) is 27.4. The highest BCUT2D eigenvalue weighted by atomic mass is 16.2. The average Bonchev–Trinajstić information content (AvgIpc) is 2.68. The summed E-state index contributed by atoms with van der Waals surface area (Å²) in [5.74, 6) is 0.760. The third-order valence-corrected chi connectivity index (χ3v) is 5.52. The molecule has 0 aromatic heterocycles. The Morgan fingerprint density at radius 3 is 2.41 bits per heavy atom. The molecular weight excluding hydrogens is 336 g/mol. The molecule has 2 rings (SSSR count). The van der Waals surface area contributed by atoms with Crippen molar-refractivity contribution in [3.05, 3.63) is 35.9 Å². The smallest absolute Gasteiger partial charge is 0.245 e. The van der Waals surface area contributed by atoms with Crippen LogP contribution in [-0.2, 0) is 16.0 Å². The van der Waals surface area contributed by atoms with Gasteiger partial charge in [-0.15, -0.1) is 0 Å². The van der Waals surface area contributed by atoms with Gasteiger partial charge in [0.1, 0.15) is 6.04 Å². The quantitative estimate of drug-likeness (QED) is 0.621. The van der Waals surface area contributed by atoms with E-state index in [1.165, 1.54) is 19.3 Å². The van der Waals surface area contributed by atoms with E-state index in [2.05, 4.69) is 19.2 Å². The molecule has 1 aromatic rings.